The highest BCUT2D eigenvalue weighted by Gasteiger charge is 2.11. The number of nitrogens with one attached hydrogen (secondary N) is 1. The largest absolute Gasteiger partial charge is 0.420 e. The van der Waals surface area contributed by atoms with Crippen molar-refractivity contribution in [1.82, 2.24) is 4.57 Å². The lowest BCUT2D eigenvalue weighted by Gasteiger charge is -2.04. The van der Waals surface area contributed by atoms with Crippen molar-refractivity contribution >= 4 is 26.8 Å². The Morgan fingerprint density at radius 2 is 1.86 bits per heavy atom. The van der Waals surface area contributed by atoms with Gasteiger partial charge in [0.2, 0.25) is 10.0 Å². The maximum atomic E-state index is 12.0. The smallest absolute Gasteiger partial charge is 0.408 e. The molecule has 0 saturated carbocycles. The van der Waals surface area contributed by atoms with Crippen LogP contribution in [-0.4, -0.2) is 19.2 Å². The van der Waals surface area contributed by atoms with Crippen LogP contribution in [0.3, 0.4) is 0 Å². The highest BCUT2D eigenvalue weighted by molar-refractivity contribution is 7.92. The van der Waals surface area contributed by atoms with Crippen LogP contribution in [0.25, 0.3) is 11.1 Å². The standard InChI is InChI=1S/C15H14N2O4S/c1-22(19,20)16-12-7-8-13-14(9-12)21-15(18)17(13)10-11-5-3-2-4-6-11/h2-9,16H,10H2,1H3. The van der Waals surface area contributed by atoms with Crippen molar-refractivity contribution in [3.05, 3.63) is 64.6 Å². The molecule has 1 aromatic heterocycles. The molecule has 3 rings (SSSR count). The molecule has 114 valence electrons. The first-order valence-electron chi connectivity index (χ1n) is 6.57. The molecule has 2 aromatic carbocycles. The third-order valence-corrected chi connectivity index (χ3v) is 3.76. The number of hydrogen-bond acceptors (Lipinski definition) is 4. The Labute approximate surface area is 127 Å². The summed E-state index contributed by atoms with van der Waals surface area (Å²) in [6.07, 6.45) is 1.06. The summed E-state index contributed by atoms with van der Waals surface area (Å²) in [5, 5.41) is 0. The Morgan fingerprint density at radius 3 is 2.55 bits per heavy atom. The molecule has 0 aliphatic rings. The highest BCUT2D eigenvalue weighted by Crippen LogP contribution is 2.20. The zero-order chi connectivity index (χ0) is 15.7. The van der Waals surface area contributed by atoms with E-state index in [0.717, 1.165) is 11.8 Å². The first kappa shape index (κ1) is 14.4. The van der Waals surface area contributed by atoms with Gasteiger partial charge >= 0.3 is 5.76 Å². The molecule has 0 aliphatic carbocycles. The topological polar surface area (TPSA) is 81.3 Å². The Balaban J connectivity index is 2.02. The second kappa shape index (κ2) is 5.34. The number of oxazole rings is 1. The molecule has 0 saturated heterocycles. The van der Waals surface area contributed by atoms with E-state index in [2.05, 4.69) is 4.72 Å². The molecule has 0 bridgehead atoms. The monoisotopic (exact) mass is 318 g/mol. The second-order valence-corrected chi connectivity index (χ2v) is 6.74. The van der Waals surface area contributed by atoms with Gasteiger partial charge in [0.25, 0.3) is 0 Å². The van der Waals surface area contributed by atoms with E-state index in [1.165, 1.54) is 10.6 Å². The van der Waals surface area contributed by atoms with Crippen LogP contribution < -0.4 is 10.5 Å². The maximum absolute atomic E-state index is 12.0. The number of sulfonamides is 1. The fourth-order valence-corrected chi connectivity index (χ4v) is 2.81. The summed E-state index contributed by atoms with van der Waals surface area (Å²) >= 11 is 0. The van der Waals surface area contributed by atoms with Crippen molar-refractivity contribution in [3.8, 4) is 0 Å². The van der Waals surface area contributed by atoms with Crippen LogP contribution in [0.5, 0.6) is 0 Å². The lowest BCUT2D eigenvalue weighted by Crippen LogP contribution is -2.14. The van der Waals surface area contributed by atoms with Crippen molar-refractivity contribution in [2.24, 2.45) is 0 Å². The van der Waals surface area contributed by atoms with E-state index in [-0.39, 0.29) is 0 Å². The van der Waals surface area contributed by atoms with Gasteiger partial charge in [-0.3, -0.25) is 9.29 Å². The average Bonchev–Trinajstić information content (AvgIpc) is 2.74. The van der Waals surface area contributed by atoms with Crippen molar-refractivity contribution in [2.45, 2.75) is 6.54 Å². The molecule has 0 aliphatic heterocycles. The summed E-state index contributed by atoms with van der Waals surface area (Å²) in [6, 6.07) is 14.3. The molecule has 0 radical (unpaired) electrons. The van der Waals surface area contributed by atoms with Gasteiger partial charge in [-0.1, -0.05) is 30.3 Å². The number of nitrogens with zero attached hydrogens (tertiary/aromatic N) is 1. The van der Waals surface area contributed by atoms with Gasteiger partial charge < -0.3 is 4.42 Å². The van der Waals surface area contributed by atoms with Crippen molar-refractivity contribution in [1.29, 1.82) is 0 Å². The minimum Gasteiger partial charge on any atom is -0.408 e. The number of hydrogen-bond donors (Lipinski definition) is 1. The summed E-state index contributed by atoms with van der Waals surface area (Å²) in [7, 11) is -3.37. The summed E-state index contributed by atoms with van der Waals surface area (Å²) in [6.45, 7) is 0.394. The summed E-state index contributed by atoms with van der Waals surface area (Å²) in [5.41, 5.74) is 2.30. The Morgan fingerprint density at radius 1 is 1.14 bits per heavy atom. The lowest BCUT2D eigenvalue weighted by atomic mass is 10.2. The molecule has 22 heavy (non-hydrogen) atoms. The number of benzene rings is 2. The van der Waals surface area contributed by atoms with Gasteiger partial charge in [0.15, 0.2) is 5.58 Å². The summed E-state index contributed by atoms with van der Waals surface area (Å²) < 4.78 is 31.5. The van der Waals surface area contributed by atoms with Gasteiger partial charge in [0, 0.05) is 6.07 Å². The van der Waals surface area contributed by atoms with Crippen LogP contribution in [0.15, 0.2) is 57.7 Å². The van der Waals surface area contributed by atoms with E-state index < -0.39 is 15.8 Å². The number of rotatable bonds is 4. The van der Waals surface area contributed by atoms with Gasteiger partial charge in [0.05, 0.1) is 24.0 Å². The van der Waals surface area contributed by atoms with E-state index in [1.807, 2.05) is 30.3 Å². The second-order valence-electron chi connectivity index (χ2n) is 5.00. The van der Waals surface area contributed by atoms with Crippen LogP contribution in [0.1, 0.15) is 5.56 Å². The van der Waals surface area contributed by atoms with Gasteiger partial charge in [-0.25, -0.2) is 13.2 Å². The third-order valence-electron chi connectivity index (χ3n) is 3.16. The Hall–Kier alpha value is -2.54. The summed E-state index contributed by atoms with van der Waals surface area (Å²) in [4.78, 5) is 12.0. The molecule has 0 fully saturated rings. The molecule has 1 heterocycles. The first-order chi connectivity index (χ1) is 10.4. The zero-order valence-corrected chi connectivity index (χ0v) is 12.6. The molecule has 0 spiro atoms. The van der Waals surface area contributed by atoms with Gasteiger partial charge in [0.1, 0.15) is 0 Å². The van der Waals surface area contributed by atoms with Crippen LogP contribution in [0.4, 0.5) is 5.69 Å². The first-order valence-corrected chi connectivity index (χ1v) is 8.47. The van der Waals surface area contributed by atoms with E-state index in [1.54, 1.807) is 12.1 Å². The number of anilines is 1. The number of fused-ring (bicyclic) bond motifs is 1. The van der Waals surface area contributed by atoms with Crippen molar-refractivity contribution in [2.75, 3.05) is 11.0 Å². The fourth-order valence-electron chi connectivity index (χ4n) is 2.26. The Bertz CT molecular complexity index is 972. The zero-order valence-electron chi connectivity index (χ0n) is 11.8. The third kappa shape index (κ3) is 3.04. The molecule has 3 aromatic rings. The predicted molar refractivity (Wildman–Crippen MR) is 84.5 cm³/mol. The minimum absolute atomic E-state index is 0.342. The molecule has 0 unspecified atom stereocenters. The van der Waals surface area contributed by atoms with Crippen LogP contribution in [0, 0.1) is 0 Å². The summed E-state index contributed by atoms with van der Waals surface area (Å²) in [5.74, 6) is -0.477. The molecular formula is C15H14N2O4S. The van der Waals surface area contributed by atoms with E-state index in [4.69, 9.17) is 4.42 Å². The number of aromatic nitrogens is 1. The van der Waals surface area contributed by atoms with Crippen LogP contribution in [0.2, 0.25) is 0 Å². The van der Waals surface area contributed by atoms with E-state index >= 15 is 0 Å². The normalized spacial score (nSPS) is 11.7. The van der Waals surface area contributed by atoms with E-state index in [0.29, 0.717) is 23.3 Å². The van der Waals surface area contributed by atoms with E-state index in [9.17, 15) is 13.2 Å². The van der Waals surface area contributed by atoms with Gasteiger partial charge in [-0.05, 0) is 17.7 Å². The average molecular weight is 318 g/mol. The minimum atomic E-state index is -3.37. The van der Waals surface area contributed by atoms with Crippen LogP contribution in [-0.2, 0) is 16.6 Å². The molecule has 1 N–H and O–H groups in total. The molecule has 7 heteroatoms. The maximum Gasteiger partial charge on any atom is 0.420 e. The molecule has 0 amide bonds. The Kier molecular flexibility index (Phi) is 3.50. The van der Waals surface area contributed by atoms with Crippen LogP contribution >= 0.6 is 0 Å². The molecule has 0 atom stereocenters. The van der Waals surface area contributed by atoms with Gasteiger partial charge in [-0.15, -0.1) is 0 Å². The quantitative estimate of drug-likeness (QED) is 0.798. The fraction of sp³-hybridized carbons (Fsp3) is 0.133. The lowest BCUT2D eigenvalue weighted by molar-refractivity contribution is 0.518. The predicted octanol–water partition coefficient (Wildman–Crippen LogP) is 2.01. The molecule has 6 nitrogen and oxygen atoms in total. The highest BCUT2D eigenvalue weighted by atomic mass is 32.2. The van der Waals surface area contributed by atoms with Crippen molar-refractivity contribution < 1.29 is 12.8 Å². The SMILES string of the molecule is CS(=O)(=O)Nc1ccc2c(c1)oc(=O)n2Cc1ccccc1. The van der Waals surface area contributed by atoms with Gasteiger partial charge in [-0.2, -0.15) is 0 Å². The van der Waals surface area contributed by atoms with Crippen molar-refractivity contribution in [3.63, 3.8) is 0 Å². The molecular weight excluding hydrogens is 304 g/mol.